The molecule has 1 aromatic heterocycles. The summed E-state index contributed by atoms with van der Waals surface area (Å²) in [7, 11) is 0. The Morgan fingerprint density at radius 3 is 2.86 bits per heavy atom. The number of aliphatic hydroxyl groups is 1. The molecule has 1 aromatic carbocycles. The van der Waals surface area contributed by atoms with Gasteiger partial charge in [0.15, 0.2) is 0 Å². The lowest BCUT2D eigenvalue weighted by Crippen LogP contribution is -2.37. The van der Waals surface area contributed by atoms with Crippen molar-refractivity contribution in [2.75, 3.05) is 13.2 Å². The van der Waals surface area contributed by atoms with Crippen LogP contribution >= 0.6 is 0 Å². The number of pyridine rings is 1. The average molecular weight is 284 g/mol. The Bertz CT molecular complexity index is 642. The van der Waals surface area contributed by atoms with Crippen LogP contribution in [-0.2, 0) is 13.0 Å². The zero-order chi connectivity index (χ0) is 14.8. The highest BCUT2D eigenvalue weighted by Crippen LogP contribution is 2.31. The molecule has 1 atom stereocenters. The van der Waals surface area contributed by atoms with Gasteiger partial charge in [0.05, 0.1) is 18.3 Å². The second-order valence-electron chi connectivity index (χ2n) is 5.54. The van der Waals surface area contributed by atoms with Gasteiger partial charge in [-0.25, -0.2) is 0 Å². The fraction of sp³-hybridized carbons (Fsp3) is 0.353. The largest absolute Gasteiger partial charge is 0.506 e. The molecule has 4 heteroatoms. The fourth-order valence-electron chi connectivity index (χ4n) is 3.02. The number of aromatic nitrogens is 1. The number of aryl methyl sites for hydroxylation is 1. The summed E-state index contributed by atoms with van der Waals surface area (Å²) in [4.78, 5) is 6.60. The van der Waals surface area contributed by atoms with Gasteiger partial charge in [-0.2, -0.15) is 0 Å². The molecule has 1 aliphatic rings. The van der Waals surface area contributed by atoms with Crippen molar-refractivity contribution < 1.29 is 10.2 Å². The van der Waals surface area contributed by atoms with Crippen molar-refractivity contribution >= 4 is 0 Å². The van der Waals surface area contributed by atoms with Crippen LogP contribution in [0.5, 0.6) is 5.75 Å². The van der Waals surface area contributed by atoms with E-state index in [2.05, 4.69) is 22.0 Å². The van der Waals surface area contributed by atoms with E-state index < -0.39 is 0 Å². The molecule has 0 saturated carbocycles. The van der Waals surface area contributed by atoms with Gasteiger partial charge in [0.1, 0.15) is 5.75 Å². The highest BCUT2D eigenvalue weighted by molar-refractivity contribution is 5.33. The molecule has 0 bridgehead atoms. The second kappa shape index (κ2) is 5.84. The topological polar surface area (TPSA) is 56.6 Å². The van der Waals surface area contributed by atoms with E-state index in [0.29, 0.717) is 12.2 Å². The Balaban J connectivity index is 1.88. The number of aromatic hydroxyl groups is 1. The first kappa shape index (κ1) is 14.0. The van der Waals surface area contributed by atoms with Crippen LogP contribution in [0, 0.1) is 6.92 Å². The SMILES string of the molecule is Cc1ccc(O)c(CN2CCc3ccccc3C2CO)n1. The molecule has 2 aromatic rings. The molecule has 1 aliphatic heterocycles. The van der Waals surface area contributed by atoms with Crippen molar-refractivity contribution in [1.29, 1.82) is 0 Å². The molecule has 0 spiro atoms. The van der Waals surface area contributed by atoms with Crippen LogP contribution in [0.3, 0.4) is 0 Å². The van der Waals surface area contributed by atoms with Crippen molar-refractivity contribution in [2.24, 2.45) is 0 Å². The van der Waals surface area contributed by atoms with Crippen LogP contribution in [0.15, 0.2) is 36.4 Å². The molecular weight excluding hydrogens is 264 g/mol. The minimum atomic E-state index is -0.0309. The fourth-order valence-corrected chi connectivity index (χ4v) is 3.02. The van der Waals surface area contributed by atoms with Crippen LogP contribution in [0.2, 0.25) is 0 Å². The van der Waals surface area contributed by atoms with Crippen molar-refractivity contribution in [3.8, 4) is 5.75 Å². The van der Waals surface area contributed by atoms with Crippen LogP contribution in [0.1, 0.15) is 28.6 Å². The Morgan fingerprint density at radius 1 is 1.24 bits per heavy atom. The van der Waals surface area contributed by atoms with E-state index in [4.69, 9.17) is 0 Å². The van der Waals surface area contributed by atoms with E-state index >= 15 is 0 Å². The first-order valence-electron chi connectivity index (χ1n) is 7.27. The highest BCUT2D eigenvalue weighted by atomic mass is 16.3. The van der Waals surface area contributed by atoms with Crippen molar-refractivity contribution in [1.82, 2.24) is 9.88 Å². The number of hydrogen-bond donors (Lipinski definition) is 2. The van der Waals surface area contributed by atoms with E-state index in [1.165, 1.54) is 11.1 Å². The average Bonchev–Trinajstić information content (AvgIpc) is 2.50. The van der Waals surface area contributed by atoms with E-state index in [1.54, 1.807) is 12.1 Å². The van der Waals surface area contributed by atoms with E-state index in [9.17, 15) is 10.2 Å². The zero-order valence-corrected chi connectivity index (χ0v) is 12.2. The second-order valence-corrected chi connectivity index (χ2v) is 5.54. The molecule has 1 unspecified atom stereocenters. The molecule has 3 rings (SSSR count). The lowest BCUT2D eigenvalue weighted by atomic mass is 9.93. The number of rotatable bonds is 3. The lowest BCUT2D eigenvalue weighted by Gasteiger charge is -2.36. The van der Waals surface area contributed by atoms with E-state index in [0.717, 1.165) is 18.7 Å². The number of hydrogen-bond acceptors (Lipinski definition) is 4. The summed E-state index contributed by atoms with van der Waals surface area (Å²) >= 11 is 0. The van der Waals surface area contributed by atoms with Crippen LogP contribution < -0.4 is 0 Å². The normalized spacial score (nSPS) is 18.5. The van der Waals surface area contributed by atoms with Gasteiger partial charge in [-0.15, -0.1) is 0 Å². The molecule has 0 fully saturated rings. The maximum absolute atomic E-state index is 9.97. The smallest absolute Gasteiger partial charge is 0.138 e. The first-order chi connectivity index (χ1) is 10.2. The van der Waals surface area contributed by atoms with E-state index in [-0.39, 0.29) is 18.4 Å². The summed E-state index contributed by atoms with van der Waals surface area (Å²) in [6, 6.07) is 11.7. The van der Waals surface area contributed by atoms with Crippen molar-refractivity contribution in [2.45, 2.75) is 25.9 Å². The molecule has 21 heavy (non-hydrogen) atoms. The molecule has 0 saturated heterocycles. The Morgan fingerprint density at radius 2 is 2.05 bits per heavy atom. The third kappa shape index (κ3) is 2.77. The maximum atomic E-state index is 9.97. The van der Waals surface area contributed by atoms with Gasteiger partial charge in [-0.3, -0.25) is 9.88 Å². The maximum Gasteiger partial charge on any atom is 0.138 e. The number of aliphatic hydroxyl groups excluding tert-OH is 1. The van der Waals surface area contributed by atoms with Gasteiger partial charge in [0, 0.05) is 18.8 Å². The third-order valence-electron chi connectivity index (χ3n) is 4.14. The standard InChI is InChI=1S/C17H20N2O2/c1-12-6-7-17(21)15(18-12)10-19-9-8-13-4-2-3-5-14(13)16(19)11-20/h2-7,16,20-21H,8-11H2,1H3. The summed E-state index contributed by atoms with van der Waals surface area (Å²) in [6.07, 6.45) is 0.958. The number of fused-ring (bicyclic) bond motifs is 1. The third-order valence-corrected chi connectivity index (χ3v) is 4.14. The Hall–Kier alpha value is -1.91. The first-order valence-corrected chi connectivity index (χ1v) is 7.27. The van der Waals surface area contributed by atoms with Gasteiger partial charge < -0.3 is 10.2 Å². The minimum Gasteiger partial charge on any atom is -0.506 e. The predicted molar refractivity (Wildman–Crippen MR) is 81.0 cm³/mol. The molecule has 0 amide bonds. The van der Waals surface area contributed by atoms with Crippen molar-refractivity contribution in [3.05, 3.63) is 58.9 Å². The van der Waals surface area contributed by atoms with Gasteiger partial charge in [-0.05, 0) is 36.6 Å². The Kier molecular flexibility index (Phi) is 3.90. The summed E-state index contributed by atoms with van der Waals surface area (Å²) in [5.74, 6) is 0.219. The zero-order valence-electron chi connectivity index (χ0n) is 12.2. The summed E-state index contributed by atoms with van der Waals surface area (Å²) in [5.41, 5.74) is 4.04. The molecule has 2 N–H and O–H groups in total. The Labute approximate surface area is 124 Å². The predicted octanol–water partition coefficient (Wildman–Crippen LogP) is 2.19. The lowest BCUT2D eigenvalue weighted by molar-refractivity contribution is 0.106. The molecule has 0 aliphatic carbocycles. The van der Waals surface area contributed by atoms with Crippen LogP contribution in [0.4, 0.5) is 0 Å². The van der Waals surface area contributed by atoms with E-state index in [1.807, 2.05) is 19.1 Å². The quantitative estimate of drug-likeness (QED) is 0.907. The van der Waals surface area contributed by atoms with Gasteiger partial charge in [0.25, 0.3) is 0 Å². The molecule has 4 nitrogen and oxygen atoms in total. The molecular formula is C17H20N2O2. The van der Waals surface area contributed by atoms with Crippen LogP contribution in [-0.4, -0.2) is 33.2 Å². The minimum absolute atomic E-state index is 0.0309. The summed E-state index contributed by atoms with van der Waals surface area (Å²) in [6.45, 7) is 3.39. The van der Waals surface area contributed by atoms with Gasteiger partial charge in [-0.1, -0.05) is 24.3 Å². The van der Waals surface area contributed by atoms with Gasteiger partial charge in [0.2, 0.25) is 0 Å². The van der Waals surface area contributed by atoms with Crippen molar-refractivity contribution in [3.63, 3.8) is 0 Å². The molecule has 110 valence electrons. The molecule has 2 heterocycles. The van der Waals surface area contributed by atoms with Gasteiger partial charge >= 0.3 is 0 Å². The number of nitrogens with zero attached hydrogens (tertiary/aromatic N) is 2. The number of benzene rings is 1. The molecule has 0 radical (unpaired) electrons. The monoisotopic (exact) mass is 284 g/mol. The summed E-state index contributed by atoms with van der Waals surface area (Å²) in [5, 5.41) is 19.8. The summed E-state index contributed by atoms with van der Waals surface area (Å²) < 4.78 is 0. The highest BCUT2D eigenvalue weighted by Gasteiger charge is 2.27. The van der Waals surface area contributed by atoms with Crippen LogP contribution in [0.25, 0.3) is 0 Å².